The highest BCUT2D eigenvalue weighted by atomic mass is 35.5. The van der Waals surface area contributed by atoms with Crippen LogP contribution in [-0.4, -0.2) is 18.5 Å². The number of carbonyl (C=O) groups is 2. The molecule has 0 saturated heterocycles. The zero-order chi connectivity index (χ0) is 23.4. The van der Waals surface area contributed by atoms with E-state index in [4.69, 9.17) is 32.7 Å². The van der Waals surface area contributed by atoms with Crippen molar-refractivity contribution in [3.05, 3.63) is 28.2 Å². The van der Waals surface area contributed by atoms with Crippen LogP contribution in [0.25, 0.3) is 0 Å². The summed E-state index contributed by atoms with van der Waals surface area (Å²) in [6, 6.07) is 4.80. The van der Waals surface area contributed by atoms with Crippen molar-refractivity contribution < 1.29 is 19.1 Å². The van der Waals surface area contributed by atoms with Gasteiger partial charge in [-0.15, -0.1) is 0 Å². The summed E-state index contributed by atoms with van der Waals surface area (Å²) < 4.78 is 10.6. The van der Waals surface area contributed by atoms with Gasteiger partial charge in [-0.3, -0.25) is 9.59 Å². The van der Waals surface area contributed by atoms with Crippen LogP contribution in [0, 0.1) is 0 Å². The number of halogens is 2. The average molecular weight is 488 g/mol. The molecule has 0 amide bonds. The number of hydrogen-bond acceptors (Lipinski definition) is 4. The maximum atomic E-state index is 11.9. The van der Waals surface area contributed by atoms with Gasteiger partial charge in [-0.2, -0.15) is 0 Å². The van der Waals surface area contributed by atoms with E-state index in [1.807, 2.05) is 0 Å². The molecule has 0 aliphatic rings. The van der Waals surface area contributed by atoms with Crippen molar-refractivity contribution in [1.82, 2.24) is 0 Å². The largest absolute Gasteiger partial charge is 0.466 e. The fourth-order valence-corrected chi connectivity index (χ4v) is 3.79. The molecule has 0 fully saturated rings. The first-order valence-corrected chi connectivity index (χ1v) is 13.1. The van der Waals surface area contributed by atoms with E-state index in [0.29, 0.717) is 35.2 Å². The van der Waals surface area contributed by atoms with Gasteiger partial charge in [0.15, 0.2) is 5.75 Å². The standard InChI is InChI=1S/C26H40Cl2O4/c1-2-3-4-5-6-9-12-15-20-31-25(29)16-13-10-7-8-11-14-17-26(30)32-24-21-22(27)18-19-23(24)28/h18-19,21H,2-17,20H2,1H3. The molecule has 0 saturated carbocycles. The third-order valence-electron chi connectivity index (χ3n) is 5.39. The summed E-state index contributed by atoms with van der Waals surface area (Å²) in [5.41, 5.74) is 0. The Labute approximate surface area is 204 Å². The van der Waals surface area contributed by atoms with E-state index in [1.54, 1.807) is 18.2 Å². The van der Waals surface area contributed by atoms with Crippen LogP contribution in [0.5, 0.6) is 5.75 Å². The van der Waals surface area contributed by atoms with Crippen LogP contribution in [0.3, 0.4) is 0 Å². The average Bonchev–Trinajstić information content (AvgIpc) is 2.77. The minimum atomic E-state index is -0.298. The van der Waals surface area contributed by atoms with Crippen LogP contribution in [0.1, 0.15) is 110 Å². The SMILES string of the molecule is CCCCCCCCCCOC(=O)CCCCCCCCC(=O)Oc1cc(Cl)ccc1Cl. The van der Waals surface area contributed by atoms with Gasteiger partial charge >= 0.3 is 11.9 Å². The van der Waals surface area contributed by atoms with E-state index in [0.717, 1.165) is 51.4 Å². The minimum Gasteiger partial charge on any atom is -0.466 e. The Morgan fingerprint density at radius 3 is 1.88 bits per heavy atom. The van der Waals surface area contributed by atoms with Crippen molar-refractivity contribution in [2.24, 2.45) is 0 Å². The Morgan fingerprint density at radius 2 is 1.25 bits per heavy atom. The van der Waals surface area contributed by atoms with Gasteiger partial charge in [0.1, 0.15) is 0 Å². The topological polar surface area (TPSA) is 52.6 Å². The molecule has 0 spiro atoms. The lowest BCUT2D eigenvalue weighted by Gasteiger charge is -2.07. The molecule has 0 aliphatic heterocycles. The first-order chi connectivity index (χ1) is 15.5. The van der Waals surface area contributed by atoms with Crippen LogP contribution < -0.4 is 4.74 Å². The summed E-state index contributed by atoms with van der Waals surface area (Å²) >= 11 is 11.9. The molecule has 182 valence electrons. The predicted octanol–water partition coefficient (Wildman–Crippen LogP) is 8.70. The zero-order valence-electron chi connectivity index (χ0n) is 19.6. The van der Waals surface area contributed by atoms with E-state index in [2.05, 4.69) is 6.92 Å². The van der Waals surface area contributed by atoms with Crippen LogP contribution in [-0.2, 0) is 14.3 Å². The lowest BCUT2D eigenvalue weighted by Crippen LogP contribution is -2.07. The van der Waals surface area contributed by atoms with Crippen molar-refractivity contribution in [1.29, 1.82) is 0 Å². The second kappa shape index (κ2) is 19.2. The van der Waals surface area contributed by atoms with E-state index < -0.39 is 0 Å². The number of benzene rings is 1. The molecule has 0 aromatic heterocycles. The molecule has 6 heteroatoms. The minimum absolute atomic E-state index is 0.0737. The van der Waals surface area contributed by atoms with Gasteiger partial charge in [0, 0.05) is 23.9 Å². The molecule has 0 radical (unpaired) electrons. The molecule has 1 aromatic carbocycles. The molecule has 0 aliphatic carbocycles. The maximum Gasteiger partial charge on any atom is 0.311 e. The Hall–Kier alpha value is -1.26. The number of hydrogen-bond donors (Lipinski definition) is 0. The molecule has 0 bridgehead atoms. The number of carbonyl (C=O) groups excluding carboxylic acids is 2. The quantitative estimate of drug-likeness (QED) is 0.111. The Balaban J connectivity index is 1.89. The van der Waals surface area contributed by atoms with Crippen molar-refractivity contribution in [3.8, 4) is 5.75 Å². The molecule has 1 aromatic rings. The monoisotopic (exact) mass is 486 g/mol. The molecule has 1 rings (SSSR count). The van der Waals surface area contributed by atoms with E-state index in [1.165, 1.54) is 38.5 Å². The first-order valence-electron chi connectivity index (χ1n) is 12.3. The zero-order valence-corrected chi connectivity index (χ0v) is 21.2. The fraction of sp³-hybridized carbons (Fsp3) is 0.692. The summed E-state index contributed by atoms with van der Waals surface area (Å²) in [5, 5.41) is 0.855. The van der Waals surface area contributed by atoms with Crippen LogP contribution >= 0.6 is 23.2 Å². The second-order valence-electron chi connectivity index (χ2n) is 8.37. The molecule has 4 nitrogen and oxygen atoms in total. The summed E-state index contributed by atoms with van der Waals surface area (Å²) in [6.07, 6.45) is 16.5. The smallest absolute Gasteiger partial charge is 0.311 e. The number of esters is 2. The third kappa shape index (κ3) is 15.5. The Bertz CT molecular complexity index is 649. The van der Waals surface area contributed by atoms with E-state index in [-0.39, 0.29) is 11.9 Å². The van der Waals surface area contributed by atoms with Crippen molar-refractivity contribution in [2.75, 3.05) is 6.61 Å². The highest BCUT2D eigenvalue weighted by Crippen LogP contribution is 2.28. The lowest BCUT2D eigenvalue weighted by atomic mass is 10.1. The molecule has 0 heterocycles. The summed E-state index contributed by atoms with van der Waals surface area (Å²) in [4.78, 5) is 23.7. The molecule has 0 unspecified atom stereocenters. The van der Waals surface area contributed by atoms with Crippen LogP contribution in [0.2, 0.25) is 10.0 Å². The second-order valence-corrected chi connectivity index (χ2v) is 9.21. The van der Waals surface area contributed by atoms with Crippen molar-refractivity contribution >= 4 is 35.1 Å². The van der Waals surface area contributed by atoms with Crippen LogP contribution in [0.15, 0.2) is 18.2 Å². The van der Waals surface area contributed by atoms with Crippen LogP contribution in [0.4, 0.5) is 0 Å². The van der Waals surface area contributed by atoms with Gasteiger partial charge in [0.05, 0.1) is 11.6 Å². The van der Waals surface area contributed by atoms with E-state index >= 15 is 0 Å². The van der Waals surface area contributed by atoms with Gasteiger partial charge < -0.3 is 9.47 Å². The first kappa shape index (κ1) is 28.8. The fourth-order valence-electron chi connectivity index (χ4n) is 3.47. The highest BCUT2D eigenvalue weighted by Gasteiger charge is 2.09. The van der Waals surface area contributed by atoms with Gasteiger partial charge in [0.2, 0.25) is 0 Å². The summed E-state index contributed by atoms with van der Waals surface area (Å²) in [5.74, 6) is -0.0674. The number of ether oxygens (including phenoxy) is 2. The highest BCUT2D eigenvalue weighted by molar-refractivity contribution is 6.34. The van der Waals surface area contributed by atoms with Crippen molar-refractivity contribution in [2.45, 2.75) is 110 Å². The molecular weight excluding hydrogens is 447 g/mol. The van der Waals surface area contributed by atoms with Crippen molar-refractivity contribution in [3.63, 3.8) is 0 Å². The van der Waals surface area contributed by atoms with Gasteiger partial charge in [-0.25, -0.2) is 0 Å². The molecule has 0 atom stereocenters. The Morgan fingerprint density at radius 1 is 0.719 bits per heavy atom. The van der Waals surface area contributed by atoms with Gasteiger partial charge in [-0.1, -0.05) is 101 Å². The molecule has 0 N–H and O–H groups in total. The maximum absolute atomic E-state index is 11.9. The third-order valence-corrected chi connectivity index (χ3v) is 5.94. The summed E-state index contributed by atoms with van der Waals surface area (Å²) in [7, 11) is 0. The van der Waals surface area contributed by atoms with E-state index in [9.17, 15) is 9.59 Å². The number of unbranched alkanes of at least 4 members (excludes halogenated alkanes) is 12. The van der Waals surface area contributed by atoms with Gasteiger partial charge in [-0.05, 0) is 31.4 Å². The number of rotatable bonds is 19. The van der Waals surface area contributed by atoms with Gasteiger partial charge in [0.25, 0.3) is 0 Å². The lowest BCUT2D eigenvalue weighted by molar-refractivity contribution is -0.144. The molecule has 32 heavy (non-hydrogen) atoms. The predicted molar refractivity (Wildman–Crippen MR) is 133 cm³/mol. The Kier molecular flexibility index (Phi) is 17.3. The summed E-state index contributed by atoms with van der Waals surface area (Å²) in [6.45, 7) is 2.79. The normalized spacial score (nSPS) is 10.8. The molecular formula is C26H40Cl2O4.